The van der Waals surface area contributed by atoms with Gasteiger partial charge < -0.3 is 10.3 Å². The second kappa shape index (κ2) is 5.33. The largest absolute Gasteiger partial charge is 0.353 e. The van der Waals surface area contributed by atoms with E-state index < -0.39 is 0 Å². The minimum atomic E-state index is 0.668. The van der Waals surface area contributed by atoms with Gasteiger partial charge in [0, 0.05) is 18.2 Å². The molecule has 0 radical (unpaired) electrons. The molecule has 0 aromatic carbocycles. The number of nitrogens with zero attached hydrogens (tertiary/aromatic N) is 3. The lowest BCUT2D eigenvalue weighted by Gasteiger charge is -2.45. The quantitative estimate of drug-likeness (QED) is 0.631. The smallest absolute Gasteiger partial charge is 0.148 e. The molecule has 2 heterocycles. The normalized spacial score (nSPS) is 26.9. The van der Waals surface area contributed by atoms with Crippen LogP contribution in [0.5, 0.6) is 0 Å². The topological polar surface area (TPSA) is 67.1 Å². The van der Waals surface area contributed by atoms with E-state index in [4.69, 9.17) is 5.84 Å². The maximum Gasteiger partial charge on any atom is 0.148 e. The molecule has 1 aliphatic heterocycles. The first-order chi connectivity index (χ1) is 9.31. The summed E-state index contributed by atoms with van der Waals surface area (Å²) in [5.74, 6) is 8.18. The van der Waals surface area contributed by atoms with Gasteiger partial charge in [0.05, 0.1) is 0 Å². The molecule has 3 rings (SSSR count). The Labute approximate surface area is 114 Å². The number of piperidine rings is 1. The van der Waals surface area contributed by atoms with Crippen molar-refractivity contribution in [2.24, 2.45) is 11.8 Å². The van der Waals surface area contributed by atoms with Gasteiger partial charge in [-0.1, -0.05) is 12.8 Å². The van der Waals surface area contributed by atoms with Crippen LogP contribution in [-0.2, 0) is 0 Å². The van der Waals surface area contributed by atoms with Crippen LogP contribution in [0, 0.1) is 12.8 Å². The fourth-order valence-corrected chi connectivity index (χ4v) is 3.76. The van der Waals surface area contributed by atoms with Crippen molar-refractivity contribution >= 4 is 11.6 Å². The van der Waals surface area contributed by atoms with Crippen LogP contribution in [-0.4, -0.2) is 22.6 Å². The monoisotopic (exact) mass is 261 g/mol. The molecular formula is C14H23N5. The van der Waals surface area contributed by atoms with E-state index in [2.05, 4.69) is 27.2 Å². The summed E-state index contributed by atoms with van der Waals surface area (Å²) in [5.41, 5.74) is 3.73. The number of nitrogens with one attached hydrogen (secondary N) is 1. The zero-order valence-electron chi connectivity index (χ0n) is 11.6. The van der Waals surface area contributed by atoms with Crippen molar-refractivity contribution in [2.75, 3.05) is 16.9 Å². The van der Waals surface area contributed by atoms with Crippen molar-refractivity contribution in [1.82, 2.24) is 9.97 Å². The van der Waals surface area contributed by atoms with Crippen LogP contribution in [0.25, 0.3) is 0 Å². The third-order valence-corrected chi connectivity index (χ3v) is 4.71. The number of rotatable bonds is 2. The second-order valence-corrected chi connectivity index (χ2v) is 5.76. The second-order valence-electron chi connectivity index (χ2n) is 5.76. The molecule has 5 heteroatoms. The Morgan fingerprint density at radius 3 is 2.84 bits per heavy atom. The molecule has 2 atom stereocenters. The molecule has 1 aromatic heterocycles. The molecule has 1 aliphatic carbocycles. The summed E-state index contributed by atoms with van der Waals surface area (Å²) in [6, 6.07) is 0.668. The lowest BCUT2D eigenvalue weighted by atomic mass is 9.78. The van der Waals surface area contributed by atoms with Gasteiger partial charge in [-0.05, 0) is 38.5 Å². The molecule has 2 aliphatic rings. The van der Waals surface area contributed by atoms with Crippen LogP contribution >= 0.6 is 0 Å². The third-order valence-electron chi connectivity index (χ3n) is 4.71. The summed E-state index contributed by atoms with van der Waals surface area (Å²) in [5, 5.41) is 0. The van der Waals surface area contributed by atoms with Crippen LogP contribution in [0.3, 0.4) is 0 Å². The highest BCUT2D eigenvalue weighted by atomic mass is 15.3. The van der Waals surface area contributed by atoms with Gasteiger partial charge in [-0.25, -0.2) is 15.8 Å². The third kappa shape index (κ3) is 2.27. The minimum Gasteiger partial charge on any atom is -0.353 e. The lowest BCUT2D eigenvalue weighted by molar-refractivity contribution is 0.242. The molecule has 104 valence electrons. The molecule has 2 fully saturated rings. The Morgan fingerprint density at radius 2 is 2.00 bits per heavy atom. The Hall–Kier alpha value is -1.36. The number of hydrazine groups is 1. The number of hydrogen-bond donors (Lipinski definition) is 2. The number of aromatic nitrogens is 2. The number of nitrogens with two attached hydrogens (primary N) is 1. The fourth-order valence-electron chi connectivity index (χ4n) is 3.76. The van der Waals surface area contributed by atoms with Crippen molar-refractivity contribution in [2.45, 2.75) is 51.5 Å². The zero-order chi connectivity index (χ0) is 13.2. The Balaban J connectivity index is 1.91. The molecule has 1 saturated heterocycles. The molecule has 1 aromatic rings. The van der Waals surface area contributed by atoms with Gasteiger partial charge in [0.15, 0.2) is 0 Å². The first kappa shape index (κ1) is 12.7. The first-order valence-electron chi connectivity index (χ1n) is 7.36. The number of nitrogen functional groups attached to an aromatic ring is 1. The molecule has 0 bridgehead atoms. The summed E-state index contributed by atoms with van der Waals surface area (Å²) < 4.78 is 0. The van der Waals surface area contributed by atoms with E-state index in [0.29, 0.717) is 6.04 Å². The van der Waals surface area contributed by atoms with Gasteiger partial charge in [0.2, 0.25) is 0 Å². The summed E-state index contributed by atoms with van der Waals surface area (Å²) >= 11 is 0. The average Bonchev–Trinajstić information content (AvgIpc) is 2.47. The number of hydrogen-bond acceptors (Lipinski definition) is 5. The molecule has 3 N–H and O–H groups in total. The summed E-state index contributed by atoms with van der Waals surface area (Å²) in [4.78, 5) is 11.2. The number of fused-ring (bicyclic) bond motifs is 1. The summed E-state index contributed by atoms with van der Waals surface area (Å²) in [6.45, 7) is 3.17. The van der Waals surface area contributed by atoms with Crippen LogP contribution < -0.4 is 16.2 Å². The summed E-state index contributed by atoms with van der Waals surface area (Å²) in [6.07, 6.45) is 9.71. The Kier molecular flexibility index (Phi) is 3.55. The predicted molar refractivity (Wildman–Crippen MR) is 76.9 cm³/mol. The Bertz CT molecular complexity index is 445. The van der Waals surface area contributed by atoms with Crippen molar-refractivity contribution in [3.8, 4) is 0 Å². The average molecular weight is 261 g/mol. The SMILES string of the molecule is Cc1c(NN)ncnc1N1CCC[C@H]2CCCC[C@H]21. The van der Waals surface area contributed by atoms with E-state index in [0.717, 1.165) is 29.7 Å². The van der Waals surface area contributed by atoms with Gasteiger partial charge in [0.1, 0.15) is 18.0 Å². The maximum absolute atomic E-state index is 5.52. The van der Waals surface area contributed by atoms with E-state index in [1.165, 1.54) is 38.5 Å². The zero-order valence-corrected chi connectivity index (χ0v) is 11.6. The highest BCUT2D eigenvalue weighted by molar-refractivity contribution is 5.58. The molecule has 0 amide bonds. The molecule has 0 unspecified atom stereocenters. The van der Waals surface area contributed by atoms with Crippen LogP contribution in [0.15, 0.2) is 6.33 Å². The van der Waals surface area contributed by atoms with E-state index in [1.54, 1.807) is 6.33 Å². The lowest BCUT2D eigenvalue weighted by Crippen LogP contribution is -2.47. The van der Waals surface area contributed by atoms with E-state index in [9.17, 15) is 0 Å². The van der Waals surface area contributed by atoms with E-state index in [1.807, 2.05) is 0 Å². The Morgan fingerprint density at radius 1 is 1.21 bits per heavy atom. The molecule has 0 spiro atoms. The van der Waals surface area contributed by atoms with Crippen molar-refractivity contribution in [3.05, 3.63) is 11.9 Å². The van der Waals surface area contributed by atoms with Crippen molar-refractivity contribution < 1.29 is 0 Å². The predicted octanol–water partition coefficient (Wildman–Crippen LogP) is 2.23. The van der Waals surface area contributed by atoms with Gasteiger partial charge in [-0.2, -0.15) is 0 Å². The molecule has 1 saturated carbocycles. The molecular weight excluding hydrogens is 238 g/mol. The van der Waals surface area contributed by atoms with Crippen LogP contribution in [0.2, 0.25) is 0 Å². The summed E-state index contributed by atoms with van der Waals surface area (Å²) in [7, 11) is 0. The van der Waals surface area contributed by atoms with E-state index >= 15 is 0 Å². The van der Waals surface area contributed by atoms with Gasteiger partial charge in [-0.3, -0.25) is 0 Å². The highest BCUT2D eigenvalue weighted by Gasteiger charge is 2.34. The first-order valence-corrected chi connectivity index (χ1v) is 7.36. The van der Waals surface area contributed by atoms with Gasteiger partial charge >= 0.3 is 0 Å². The van der Waals surface area contributed by atoms with E-state index in [-0.39, 0.29) is 0 Å². The maximum atomic E-state index is 5.52. The molecule has 19 heavy (non-hydrogen) atoms. The molecule has 5 nitrogen and oxygen atoms in total. The van der Waals surface area contributed by atoms with Crippen molar-refractivity contribution in [3.63, 3.8) is 0 Å². The minimum absolute atomic E-state index is 0.668. The standard InChI is InChI=1S/C14H23N5/c1-10-13(18-15)16-9-17-14(10)19-8-4-6-11-5-2-3-7-12(11)19/h9,11-12H,2-8,15H2,1H3,(H,16,17,18)/t11-,12-/m1/s1. The van der Waals surface area contributed by atoms with Gasteiger partial charge in [-0.15, -0.1) is 0 Å². The number of anilines is 2. The van der Waals surface area contributed by atoms with Crippen LogP contribution in [0.1, 0.15) is 44.1 Å². The van der Waals surface area contributed by atoms with Crippen LogP contribution in [0.4, 0.5) is 11.6 Å². The highest BCUT2D eigenvalue weighted by Crippen LogP contribution is 2.38. The van der Waals surface area contributed by atoms with Crippen molar-refractivity contribution in [1.29, 1.82) is 0 Å². The fraction of sp³-hybridized carbons (Fsp3) is 0.714. The van der Waals surface area contributed by atoms with Gasteiger partial charge in [0.25, 0.3) is 0 Å².